The molecule has 0 aliphatic rings. The number of halogens is 1. The average Bonchev–Trinajstić information content (AvgIpc) is 2.46. The van der Waals surface area contributed by atoms with Crippen molar-refractivity contribution in [2.75, 3.05) is 7.11 Å². The van der Waals surface area contributed by atoms with Crippen LogP contribution < -0.4 is 4.74 Å². The van der Waals surface area contributed by atoms with E-state index >= 15 is 0 Å². The first-order chi connectivity index (χ1) is 9.60. The van der Waals surface area contributed by atoms with Gasteiger partial charge in [0.15, 0.2) is 0 Å². The maximum Gasteiger partial charge on any atom is 0.314 e. The summed E-state index contributed by atoms with van der Waals surface area (Å²) in [5.41, 5.74) is 0.864. The zero-order valence-corrected chi connectivity index (χ0v) is 12.4. The van der Waals surface area contributed by atoms with Crippen molar-refractivity contribution in [2.24, 2.45) is 0 Å². The van der Waals surface area contributed by atoms with Gasteiger partial charge in [0.25, 0.3) is 0 Å². The second-order valence-electron chi connectivity index (χ2n) is 4.21. The Labute approximate surface area is 124 Å². The molecule has 0 aliphatic heterocycles. The van der Waals surface area contributed by atoms with Crippen LogP contribution in [0.5, 0.6) is 5.75 Å². The van der Waals surface area contributed by atoms with Crippen LogP contribution in [-0.2, 0) is 11.2 Å². The second-order valence-corrected chi connectivity index (χ2v) is 5.12. The van der Waals surface area contributed by atoms with Crippen molar-refractivity contribution in [3.8, 4) is 5.75 Å². The van der Waals surface area contributed by atoms with Crippen LogP contribution in [0.3, 0.4) is 0 Å². The Bertz CT molecular complexity index is 602. The molecule has 0 saturated carbocycles. The molecule has 0 amide bonds. The number of benzene rings is 1. The van der Waals surface area contributed by atoms with Crippen LogP contribution in [0, 0.1) is 0 Å². The van der Waals surface area contributed by atoms with Gasteiger partial charge >= 0.3 is 5.97 Å². The van der Waals surface area contributed by atoms with Gasteiger partial charge in [0.2, 0.25) is 0 Å². The summed E-state index contributed by atoms with van der Waals surface area (Å²) in [6, 6.07) is 7.32. The Morgan fingerprint density at radius 1 is 1.40 bits per heavy atom. The molecule has 1 aromatic carbocycles. The predicted molar refractivity (Wildman–Crippen MR) is 76.8 cm³/mol. The summed E-state index contributed by atoms with van der Waals surface area (Å²) in [6.45, 7) is 0. The van der Waals surface area contributed by atoms with E-state index in [2.05, 4.69) is 25.9 Å². The van der Waals surface area contributed by atoms with Crippen LogP contribution in [0.4, 0.5) is 0 Å². The SMILES string of the molecule is COc1cccc(CC(C(=O)O)c2ncc(Br)cn2)c1. The van der Waals surface area contributed by atoms with Gasteiger partial charge in [-0.2, -0.15) is 0 Å². The molecule has 1 unspecified atom stereocenters. The van der Waals surface area contributed by atoms with E-state index in [1.165, 1.54) is 0 Å². The monoisotopic (exact) mass is 336 g/mol. The Kier molecular flexibility index (Phi) is 4.68. The molecule has 6 heteroatoms. The molecule has 20 heavy (non-hydrogen) atoms. The van der Waals surface area contributed by atoms with E-state index in [1.807, 2.05) is 24.3 Å². The molecule has 1 N–H and O–H groups in total. The van der Waals surface area contributed by atoms with E-state index in [0.717, 1.165) is 5.56 Å². The molecule has 104 valence electrons. The van der Waals surface area contributed by atoms with Gasteiger partial charge in [-0.15, -0.1) is 0 Å². The summed E-state index contributed by atoms with van der Waals surface area (Å²) >= 11 is 3.23. The number of nitrogens with zero attached hydrogens (tertiary/aromatic N) is 2. The number of carboxylic acids is 1. The van der Waals surface area contributed by atoms with E-state index in [-0.39, 0.29) is 0 Å². The molecular formula is C14H13BrN2O3. The molecule has 2 rings (SSSR count). The van der Waals surface area contributed by atoms with E-state index in [0.29, 0.717) is 22.5 Å². The molecular weight excluding hydrogens is 324 g/mol. The fourth-order valence-electron chi connectivity index (χ4n) is 1.83. The van der Waals surface area contributed by atoms with Crippen molar-refractivity contribution in [1.82, 2.24) is 9.97 Å². The number of hydrogen-bond donors (Lipinski definition) is 1. The Balaban J connectivity index is 2.25. The number of rotatable bonds is 5. The number of ether oxygens (including phenoxy) is 1. The smallest absolute Gasteiger partial charge is 0.314 e. The Hall–Kier alpha value is -1.95. The molecule has 5 nitrogen and oxygen atoms in total. The minimum absolute atomic E-state index is 0.295. The first-order valence-electron chi connectivity index (χ1n) is 5.93. The van der Waals surface area contributed by atoms with Gasteiger partial charge in [-0.05, 0) is 40.0 Å². The minimum atomic E-state index is -0.949. The van der Waals surface area contributed by atoms with Crippen LogP contribution in [0.25, 0.3) is 0 Å². The van der Waals surface area contributed by atoms with Gasteiger partial charge in [-0.1, -0.05) is 12.1 Å². The van der Waals surface area contributed by atoms with Crippen LogP contribution in [0.2, 0.25) is 0 Å². The average molecular weight is 337 g/mol. The van der Waals surface area contributed by atoms with Gasteiger partial charge in [0, 0.05) is 12.4 Å². The second kappa shape index (κ2) is 6.47. The Morgan fingerprint density at radius 3 is 2.70 bits per heavy atom. The fraction of sp³-hybridized carbons (Fsp3) is 0.214. The molecule has 1 aromatic heterocycles. The standard InChI is InChI=1S/C14H13BrN2O3/c1-20-11-4-2-3-9(5-11)6-12(14(18)19)13-16-7-10(15)8-17-13/h2-5,7-8,12H,6H2,1H3,(H,18,19). The third kappa shape index (κ3) is 3.54. The van der Waals surface area contributed by atoms with Gasteiger partial charge in [0.05, 0.1) is 11.6 Å². The van der Waals surface area contributed by atoms with Crippen molar-refractivity contribution < 1.29 is 14.6 Å². The highest BCUT2D eigenvalue weighted by molar-refractivity contribution is 9.10. The van der Waals surface area contributed by atoms with Crippen LogP contribution >= 0.6 is 15.9 Å². The van der Waals surface area contributed by atoms with Gasteiger partial charge in [0.1, 0.15) is 17.5 Å². The van der Waals surface area contributed by atoms with Gasteiger partial charge in [-0.3, -0.25) is 4.79 Å². The van der Waals surface area contributed by atoms with E-state index in [1.54, 1.807) is 19.5 Å². The van der Waals surface area contributed by atoms with E-state index in [9.17, 15) is 9.90 Å². The summed E-state index contributed by atoms with van der Waals surface area (Å²) in [5, 5.41) is 9.36. The molecule has 1 heterocycles. The fourth-order valence-corrected chi connectivity index (χ4v) is 2.03. The van der Waals surface area contributed by atoms with Crippen molar-refractivity contribution in [2.45, 2.75) is 12.3 Å². The molecule has 1 atom stereocenters. The number of aromatic nitrogens is 2. The molecule has 0 fully saturated rings. The topological polar surface area (TPSA) is 72.3 Å². The van der Waals surface area contributed by atoms with Crippen molar-refractivity contribution >= 4 is 21.9 Å². The zero-order valence-electron chi connectivity index (χ0n) is 10.8. The third-order valence-electron chi connectivity index (χ3n) is 2.82. The maximum atomic E-state index is 11.4. The number of carbonyl (C=O) groups is 1. The summed E-state index contributed by atoms with van der Waals surface area (Å²) in [4.78, 5) is 19.6. The van der Waals surface area contributed by atoms with Crippen molar-refractivity contribution in [3.05, 3.63) is 52.5 Å². The minimum Gasteiger partial charge on any atom is -0.497 e. The lowest BCUT2D eigenvalue weighted by Gasteiger charge is -2.11. The van der Waals surface area contributed by atoms with Crippen LogP contribution in [0.15, 0.2) is 41.1 Å². The molecule has 2 aromatic rings. The highest BCUT2D eigenvalue weighted by atomic mass is 79.9. The lowest BCUT2D eigenvalue weighted by atomic mass is 9.98. The molecule has 0 bridgehead atoms. The Morgan fingerprint density at radius 2 is 2.10 bits per heavy atom. The first-order valence-corrected chi connectivity index (χ1v) is 6.72. The number of hydrogen-bond acceptors (Lipinski definition) is 4. The third-order valence-corrected chi connectivity index (χ3v) is 3.23. The highest BCUT2D eigenvalue weighted by Crippen LogP contribution is 2.21. The molecule has 0 radical (unpaired) electrons. The quantitative estimate of drug-likeness (QED) is 0.908. The maximum absolute atomic E-state index is 11.4. The van der Waals surface area contributed by atoms with Gasteiger partial charge < -0.3 is 9.84 Å². The van der Waals surface area contributed by atoms with Crippen LogP contribution in [-0.4, -0.2) is 28.2 Å². The van der Waals surface area contributed by atoms with Crippen LogP contribution in [0.1, 0.15) is 17.3 Å². The highest BCUT2D eigenvalue weighted by Gasteiger charge is 2.23. The number of carboxylic acid groups (broad SMARTS) is 1. The normalized spacial score (nSPS) is 11.9. The predicted octanol–water partition coefficient (Wildman–Crippen LogP) is 2.66. The summed E-state index contributed by atoms with van der Waals surface area (Å²) in [5.74, 6) is -0.739. The van der Waals surface area contributed by atoms with Crippen molar-refractivity contribution in [3.63, 3.8) is 0 Å². The summed E-state index contributed by atoms with van der Waals surface area (Å²) < 4.78 is 5.85. The first kappa shape index (κ1) is 14.5. The number of aliphatic carboxylic acids is 1. The largest absolute Gasteiger partial charge is 0.497 e. The summed E-state index contributed by atoms with van der Waals surface area (Å²) in [7, 11) is 1.58. The van der Waals surface area contributed by atoms with Gasteiger partial charge in [-0.25, -0.2) is 9.97 Å². The van der Waals surface area contributed by atoms with E-state index in [4.69, 9.17) is 4.74 Å². The molecule has 0 saturated heterocycles. The molecule has 0 spiro atoms. The lowest BCUT2D eigenvalue weighted by Crippen LogP contribution is -2.17. The number of methoxy groups -OCH3 is 1. The van der Waals surface area contributed by atoms with E-state index < -0.39 is 11.9 Å². The summed E-state index contributed by atoms with van der Waals surface area (Å²) in [6.07, 6.45) is 3.40. The van der Waals surface area contributed by atoms with Crippen molar-refractivity contribution in [1.29, 1.82) is 0 Å². The zero-order chi connectivity index (χ0) is 14.5. The molecule has 0 aliphatic carbocycles. The lowest BCUT2D eigenvalue weighted by molar-refractivity contribution is -0.139.